The minimum Gasteiger partial charge on any atom is -0.344 e. The summed E-state index contributed by atoms with van der Waals surface area (Å²) in [5.41, 5.74) is 2.30. The first-order chi connectivity index (χ1) is 9.16. The van der Waals surface area contributed by atoms with Crippen molar-refractivity contribution in [3.63, 3.8) is 0 Å². The summed E-state index contributed by atoms with van der Waals surface area (Å²) in [6.45, 7) is 18.0. The SMILES string of the molecule is C=CC(=C)CC/C=C(\C)CCC1OC(C)(C)OC1(C)C. The first-order valence-corrected chi connectivity index (χ1v) is 7.50. The molecule has 2 nitrogen and oxygen atoms in total. The maximum Gasteiger partial charge on any atom is 0.164 e. The first-order valence-electron chi connectivity index (χ1n) is 7.50. The molecule has 20 heavy (non-hydrogen) atoms. The lowest BCUT2D eigenvalue weighted by atomic mass is 9.95. The summed E-state index contributed by atoms with van der Waals surface area (Å²) < 4.78 is 11.9. The maximum absolute atomic E-state index is 6.00. The molecule has 2 heteroatoms. The van der Waals surface area contributed by atoms with Crippen LogP contribution in [0.1, 0.15) is 60.3 Å². The van der Waals surface area contributed by atoms with Crippen molar-refractivity contribution in [2.45, 2.75) is 77.8 Å². The number of hydrogen-bond donors (Lipinski definition) is 0. The van der Waals surface area contributed by atoms with Crippen LogP contribution in [-0.2, 0) is 9.47 Å². The topological polar surface area (TPSA) is 18.5 Å². The lowest BCUT2D eigenvalue weighted by Gasteiger charge is -2.24. The molecule has 0 radical (unpaired) electrons. The van der Waals surface area contributed by atoms with Crippen LogP contribution in [0.5, 0.6) is 0 Å². The van der Waals surface area contributed by atoms with Gasteiger partial charge in [-0.2, -0.15) is 0 Å². The lowest BCUT2D eigenvalue weighted by molar-refractivity contribution is -0.157. The highest BCUT2D eigenvalue weighted by molar-refractivity contribution is 5.12. The first kappa shape index (κ1) is 17.2. The van der Waals surface area contributed by atoms with Crippen molar-refractivity contribution in [1.82, 2.24) is 0 Å². The molecule has 1 heterocycles. The average molecular weight is 278 g/mol. The molecule has 1 unspecified atom stereocenters. The Balaban J connectivity index is 2.41. The fourth-order valence-electron chi connectivity index (χ4n) is 2.68. The Kier molecular flexibility index (Phi) is 5.79. The fraction of sp³-hybridized carbons (Fsp3) is 0.667. The maximum atomic E-state index is 6.00. The normalized spacial score (nSPS) is 24.6. The molecule has 0 saturated carbocycles. The second-order valence-electron chi connectivity index (χ2n) is 6.70. The van der Waals surface area contributed by atoms with E-state index in [1.165, 1.54) is 5.57 Å². The molecule has 1 atom stereocenters. The van der Waals surface area contributed by atoms with E-state index < -0.39 is 5.79 Å². The lowest BCUT2D eigenvalue weighted by Crippen LogP contribution is -2.33. The van der Waals surface area contributed by atoms with Crippen molar-refractivity contribution in [3.05, 3.63) is 36.5 Å². The summed E-state index contributed by atoms with van der Waals surface area (Å²) in [5, 5.41) is 0. The van der Waals surface area contributed by atoms with Gasteiger partial charge in [0.2, 0.25) is 0 Å². The van der Waals surface area contributed by atoms with Crippen LogP contribution < -0.4 is 0 Å². The number of ether oxygens (including phenoxy) is 2. The van der Waals surface area contributed by atoms with Crippen molar-refractivity contribution in [2.75, 3.05) is 0 Å². The summed E-state index contributed by atoms with van der Waals surface area (Å²) in [6, 6.07) is 0. The van der Waals surface area contributed by atoms with Gasteiger partial charge in [-0.3, -0.25) is 0 Å². The van der Waals surface area contributed by atoms with E-state index in [2.05, 4.69) is 40.0 Å². The number of hydrogen-bond acceptors (Lipinski definition) is 2. The van der Waals surface area contributed by atoms with Gasteiger partial charge in [0.1, 0.15) is 0 Å². The highest BCUT2D eigenvalue weighted by Gasteiger charge is 2.46. The third-order valence-electron chi connectivity index (χ3n) is 3.76. The Hall–Kier alpha value is -0.860. The Morgan fingerprint density at radius 2 is 1.85 bits per heavy atom. The summed E-state index contributed by atoms with van der Waals surface area (Å²) in [4.78, 5) is 0. The molecular weight excluding hydrogens is 248 g/mol. The van der Waals surface area contributed by atoms with E-state index in [0.717, 1.165) is 31.3 Å². The predicted octanol–water partition coefficient (Wildman–Crippen LogP) is 5.17. The van der Waals surface area contributed by atoms with E-state index in [-0.39, 0.29) is 11.7 Å². The van der Waals surface area contributed by atoms with Gasteiger partial charge in [-0.25, -0.2) is 0 Å². The zero-order valence-electron chi connectivity index (χ0n) is 13.8. The van der Waals surface area contributed by atoms with Crippen molar-refractivity contribution in [1.29, 1.82) is 0 Å². The van der Waals surface area contributed by atoms with Crippen molar-refractivity contribution >= 4 is 0 Å². The van der Waals surface area contributed by atoms with Crippen LogP contribution in [0.2, 0.25) is 0 Å². The largest absolute Gasteiger partial charge is 0.344 e. The molecule has 0 aromatic rings. The summed E-state index contributed by atoms with van der Waals surface area (Å²) >= 11 is 0. The third kappa shape index (κ3) is 5.26. The van der Waals surface area contributed by atoms with Gasteiger partial charge in [0.15, 0.2) is 5.79 Å². The Labute approximate surface area is 124 Å². The smallest absolute Gasteiger partial charge is 0.164 e. The van der Waals surface area contributed by atoms with Crippen LogP contribution in [0.25, 0.3) is 0 Å². The van der Waals surface area contributed by atoms with Gasteiger partial charge in [-0.1, -0.05) is 36.5 Å². The second kappa shape index (κ2) is 6.73. The van der Waals surface area contributed by atoms with E-state index in [1.54, 1.807) is 0 Å². The standard InChI is InChI=1S/C18H30O2/c1-8-14(2)10-9-11-15(3)12-13-16-17(4,5)20-18(6,7)19-16/h8,11,16H,1-2,9-10,12-13H2,3-7H3/b15-11+. The van der Waals surface area contributed by atoms with Crippen LogP contribution in [0.15, 0.2) is 36.5 Å². The van der Waals surface area contributed by atoms with Gasteiger partial charge in [0.05, 0.1) is 11.7 Å². The zero-order chi connectivity index (χ0) is 15.4. The Morgan fingerprint density at radius 3 is 2.35 bits per heavy atom. The van der Waals surface area contributed by atoms with Gasteiger partial charge in [0, 0.05) is 0 Å². The Morgan fingerprint density at radius 1 is 1.20 bits per heavy atom. The van der Waals surface area contributed by atoms with E-state index in [1.807, 2.05) is 19.9 Å². The molecular formula is C18H30O2. The molecule has 1 aliphatic rings. The van der Waals surface area contributed by atoms with Gasteiger partial charge >= 0.3 is 0 Å². The molecule has 0 bridgehead atoms. The molecule has 1 saturated heterocycles. The van der Waals surface area contributed by atoms with Gasteiger partial charge in [-0.15, -0.1) is 0 Å². The molecule has 114 valence electrons. The zero-order valence-corrected chi connectivity index (χ0v) is 13.8. The predicted molar refractivity (Wildman–Crippen MR) is 85.7 cm³/mol. The molecule has 0 spiro atoms. The van der Waals surface area contributed by atoms with E-state index >= 15 is 0 Å². The minimum absolute atomic E-state index is 0.156. The monoisotopic (exact) mass is 278 g/mol. The van der Waals surface area contributed by atoms with Crippen LogP contribution in [0.4, 0.5) is 0 Å². The minimum atomic E-state index is -0.465. The Bertz CT molecular complexity index is 388. The van der Waals surface area contributed by atoms with Gasteiger partial charge in [0.25, 0.3) is 0 Å². The van der Waals surface area contributed by atoms with Crippen molar-refractivity contribution in [3.8, 4) is 0 Å². The molecule has 0 aromatic carbocycles. The number of rotatable bonds is 7. The molecule has 0 aliphatic carbocycles. The van der Waals surface area contributed by atoms with Crippen LogP contribution in [0, 0.1) is 0 Å². The molecule has 1 rings (SSSR count). The average Bonchev–Trinajstić information content (AvgIpc) is 2.54. The van der Waals surface area contributed by atoms with Crippen molar-refractivity contribution < 1.29 is 9.47 Å². The molecule has 0 amide bonds. The highest BCUT2D eigenvalue weighted by atomic mass is 16.8. The number of allylic oxidation sites excluding steroid dienone is 4. The summed E-state index contributed by atoms with van der Waals surface area (Å²) in [7, 11) is 0. The summed E-state index contributed by atoms with van der Waals surface area (Å²) in [6.07, 6.45) is 8.36. The van der Waals surface area contributed by atoms with Crippen LogP contribution in [-0.4, -0.2) is 17.5 Å². The second-order valence-corrected chi connectivity index (χ2v) is 6.70. The molecule has 1 fully saturated rings. The highest BCUT2D eigenvalue weighted by Crippen LogP contribution is 2.38. The van der Waals surface area contributed by atoms with E-state index in [4.69, 9.17) is 9.47 Å². The fourth-order valence-corrected chi connectivity index (χ4v) is 2.68. The van der Waals surface area contributed by atoms with Gasteiger partial charge in [-0.05, 0) is 60.3 Å². The van der Waals surface area contributed by atoms with Crippen molar-refractivity contribution in [2.24, 2.45) is 0 Å². The van der Waals surface area contributed by atoms with Gasteiger partial charge < -0.3 is 9.47 Å². The van der Waals surface area contributed by atoms with Crippen LogP contribution in [0.3, 0.4) is 0 Å². The molecule has 0 aromatic heterocycles. The quantitative estimate of drug-likeness (QED) is 0.473. The van der Waals surface area contributed by atoms with E-state index in [9.17, 15) is 0 Å². The summed E-state index contributed by atoms with van der Waals surface area (Å²) in [5.74, 6) is -0.465. The van der Waals surface area contributed by atoms with E-state index in [0.29, 0.717) is 0 Å². The van der Waals surface area contributed by atoms with Crippen LogP contribution >= 0.6 is 0 Å². The molecule has 1 aliphatic heterocycles. The third-order valence-corrected chi connectivity index (χ3v) is 3.76. The molecule has 0 N–H and O–H groups in total.